The van der Waals surface area contributed by atoms with Gasteiger partial charge in [-0.25, -0.2) is 12.7 Å². The molecule has 13 heteroatoms. The standard InChI is InChI=1S/C10H11NO3S.6CO.2Co/c1-2-7-11-10(12)8-5-3-4-6-9(8)15(11,13)14;6*1-2;;/h3-6H,2,7H2,1H3;;;;;;;;. The topological polar surface area (TPSA) is 174 Å². The third-order valence-electron chi connectivity index (χ3n) is 2.34. The molecule has 0 saturated heterocycles. The molecular formula is C16H11Co2NO9S. The van der Waals surface area contributed by atoms with Crippen molar-refractivity contribution >= 4 is 15.9 Å². The Labute approximate surface area is 189 Å². The first-order valence-electron chi connectivity index (χ1n) is 5.97. The number of amides is 1. The van der Waals surface area contributed by atoms with E-state index in [0.29, 0.717) is 6.42 Å². The summed E-state index contributed by atoms with van der Waals surface area (Å²) >= 11 is 0. The maximum absolute atomic E-state index is 11.9. The van der Waals surface area contributed by atoms with Gasteiger partial charge in [0.1, 0.15) is 4.90 Å². The zero-order valence-corrected chi connectivity index (χ0v) is 17.3. The summed E-state index contributed by atoms with van der Waals surface area (Å²) in [4.78, 5) is 11.9. The fourth-order valence-electron chi connectivity index (χ4n) is 1.66. The Balaban J connectivity index is -0.0000000601. The van der Waals surface area contributed by atoms with E-state index in [1.807, 2.05) is 6.92 Å². The fraction of sp³-hybridized carbons (Fsp3) is 0.188. The van der Waals surface area contributed by atoms with Crippen LogP contribution in [0.2, 0.25) is 0 Å². The molecule has 158 valence electrons. The van der Waals surface area contributed by atoms with E-state index in [1.165, 1.54) is 6.07 Å². The van der Waals surface area contributed by atoms with Crippen molar-refractivity contribution in [1.82, 2.24) is 4.31 Å². The molecule has 1 aliphatic rings. The zero-order valence-electron chi connectivity index (χ0n) is 14.4. The maximum Gasteiger partial charge on any atom is 0 e. The number of carbonyl (C=O) groups excluding carboxylic acids is 1. The number of benzene rings is 1. The third kappa shape index (κ3) is 14.7. The predicted octanol–water partition coefficient (Wildman–Crippen LogP) is 1.01. The van der Waals surface area contributed by atoms with Crippen molar-refractivity contribution in [3.05, 3.63) is 69.7 Å². The largest absolute Gasteiger partial charge is 0 e. The first kappa shape index (κ1) is 45.7. The van der Waals surface area contributed by atoms with Crippen LogP contribution >= 0.6 is 0 Å². The van der Waals surface area contributed by atoms with Crippen LogP contribution in [-0.4, -0.2) is 25.2 Å². The third-order valence-corrected chi connectivity index (χ3v) is 4.18. The van der Waals surface area contributed by atoms with Gasteiger partial charge in [-0.2, -0.15) is 0 Å². The van der Waals surface area contributed by atoms with Crippen molar-refractivity contribution in [2.45, 2.75) is 18.2 Å². The number of rotatable bonds is 2. The second-order valence-electron chi connectivity index (χ2n) is 3.38. The van der Waals surface area contributed by atoms with Gasteiger partial charge in [0.25, 0.3) is 15.9 Å². The molecule has 1 amide bonds. The molecular weight excluding hydrogens is 500 g/mol. The number of fused-ring (bicyclic) bond motifs is 1. The summed E-state index contributed by atoms with van der Waals surface area (Å²) < 4.78 is 69.7. The average molecular weight is 511 g/mol. The zero-order chi connectivity index (χ0) is 23.1. The SMILES string of the molecule is CCCN1C(=O)c2ccccc2S1(=O)=O.[C-]#[O+].[C-]#[O+].[C-]#[O+].[C-]#[O+].[C-]#[O+].[C-]#[O+].[Co].[Co]. The van der Waals surface area contributed by atoms with Crippen molar-refractivity contribution in [3.8, 4) is 0 Å². The first-order chi connectivity index (χ1) is 13.1. The van der Waals surface area contributed by atoms with Crippen LogP contribution in [-0.2, 0) is 71.5 Å². The predicted molar refractivity (Wildman–Crippen MR) is 78.5 cm³/mol. The Morgan fingerprint density at radius 3 is 1.45 bits per heavy atom. The van der Waals surface area contributed by atoms with Gasteiger partial charge in [0.05, 0.1) is 5.56 Å². The normalized spacial score (nSPS) is 9.69. The summed E-state index contributed by atoms with van der Waals surface area (Å²) in [6, 6.07) is 6.31. The molecule has 2 radical (unpaired) electrons. The minimum absolute atomic E-state index is 0. The monoisotopic (exact) mass is 511 g/mol. The summed E-state index contributed by atoms with van der Waals surface area (Å²) in [7, 11) is -3.57. The van der Waals surface area contributed by atoms with Gasteiger partial charge in [0, 0.05) is 40.1 Å². The summed E-state index contributed by atoms with van der Waals surface area (Å²) in [5.74, 6) is -0.410. The van der Waals surface area contributed by atoms with Crippen LogP contribution in [0, 0.1) is 39.9 Å². The van der Waals surface area contributed by atoms with Crippen LogP contribution in [0.1, 0.15) is 23.7 Å². The molecule has 1 heterocycles. The van der Waals surface area contributed by atoms with Gasteiger partial charge in [0.2, 0.25) is 0 Å². The minimum Gasteiger partial charge on any atom is 0 e. The number of nitrogens with zero attached hydrogens (tertiary/aromatic N) is 1. The molecule has 1 aliphatic heterocycles. The molecule has 29 heavy (non-hydrogen) atoms. The van der Waals surface area contributed by atoms with Crippen LogP contribution in [0.3, 0.4) is 0 Å². The van der Waals surface area contributed by atoms with Gasteiger partial charge in [-0.15, -0.1) is 0 Å². The van der Waals surface area contributed by atoms with Crippen molar-refractivity contribution in [3.63, 3.8) is 0 Å². The minimum atomic E-state index is -3.57. The second kappa shape index (κ2) is 33.7. The summed E-state index contributed by atoms with van der Waals surface area (Å²) in [5.41, 5.74) is 0.283. The van der Waals surface area contributed by atoms with Crippen LogP contribution < -0.4 is 0 Å². The van der Waals surface area contributed by atoms with Gasteiger partial charge in [-0.3, -0.25) is 4.79 Å². The molecule has 0 aliphatic carbocycles. The number of carbonyl (C=O) groups is 1. The molecule has 0 saturated carbocycles. The Kier molecular flexibility index (Phi) is 53.0. The molecule has 2 rings (SSSR count). The van der Waals surface area contributed by atoms with Crippen LogP contribution in [0.5, 0.6) is 0 Å². The number of sulfonamides is 1. The van der Waals surface area contributed by atoms with E-state index in [2.05, 4.69) is 39.9 Å². The van der Waals surface area contributed by atoms with E-state index < -0.39 is 15.9 Å². The Bertz CT molecular complexity index is 719. The average Bonchev–Trinajstić information content (AvgIpc) is 2.98. The summed E-state index contributed by atoms with van der Waals surface area (Å²) in [6.07, 6.45) is 0.624. The van der Waals surface area contributed by atoms with Crippen molar-refractivity contribution < 1.29 is 74.7 Å². The van der Waals surface area contributed by atoms with Crippen LogP contribution in [0.4, 0.5) is 0 Å². The number of hydrogen-bond acceptors (Lipinski definition) is 3. The molecule has 10 nitrogen and oxygen atoms in total. The number of hydrogen-bond donors (Lipinski definition) is 0. The van der Waals surface area contributed by atoms with E-state index in [-0.39, 0.29) is 50.6 Å². The van der Waals surface area contributed by atoms with Crippen molar-refractivity contribution in [2.75, 3.05) is 6.54 Å². The van der Waals surface area contributed by atoms with Crippen LogP contribution in [0.25, 0.3) is 0 Å². The molecule has 0 N–H and O–H groups in total. The molecule has 0 atom stereocenters. The molecule has 0 spiro atoms. The van der Waals surface area contributed by atoms with Crippen LogP contribution in [0.15, 0.2) is 29.2 Å². The van der Waals surface area contributed by atoms with E-state index in [1.54, 1.807) is 18.2 Å². The summed E-state index contributed by atoms with van der Waals surface area (Å²) in [6.45, 7) is 29.1. The maximum atomic E-state index is 11.9. The van der Waals surface area contributed by atoms with Crippen molar-refractivity contribution in [2.24, 2.45) is 0 Å². The molecule has 0 aromatic heterocycles. The van der Waals surface area contributed by atoms with Gasteiger partial charge < -0.3 is 0 Å². The van der Waals surface area contributed by atoms with Gasteiger partial charge in [0.15, 0.2) is 0 Å². The first-order valence-corrected chi connectivity index (χ1v) is 7.41. The van der Waals surface area contributed by atoms with Gasteiger partial charge in [-0.1, -0.05) is 19.1 Å². The van der Waals surface area contributed by atoms with E-state index >= 15 is 0 Å². The van der Waals surface area contributed by atoms with E-state index in [9.17, 15) is 13.2 Å². The molecule has 0 bridgehead atoms. The molecule has 1 aromatic carbocycles. The quantitative estimate of drug-likeness (QED) is 0.427. The smallest absolute Gasteiger partial charge is 0 e. The Morgan fingerprint density at radius 2 is 1.14 bits per heavy atom. The van der Waals surface area contributed by atoms with E-state index in [0.717, 1.165) is 4.31 Å². The fourth-order valence-corrected chi connectivity index (χ4v) is 3.32. The molecule has 0 unspecified atom stereocenters. The molecule has 0 fully saturated rings. The summed E-state index contributed by atoms with van der Waals surface area (Å²) in [5, 5.41) is 0. The van der Waals surface area contributed by atoms with Gasteiger partial charge >= 0.3 is 67.8 Å². The van der Waals surface area contributed by atoms with Gasteiger partial charge in [-0.05, 0) is 18.6 Å². The molecule has 1 aromatic rings. The van der Waals surface area contributed by atoms with E-state index in [4.69, 9.17) is 27.9 Å². The Hall–Kier alpha value is -1.91. The van der Waals surface area contributed by atoms with Crippen molar-refractivity contribution in [1.29, 1.82) is 0 Å². The Morgan fingerprint density at radius 1 is 0.793 bits per heavy atom. The second-order valence-corrected chi connectivity index (χ2v) is 5.21.